The van der Waals surface area contributed by atoms with Gasteiger partial charge >= 0.3 is 6.01 Å². The van der Waals surface area contributed by atoms with E-state index in [4.69, 9.17) is 10.3 Å². The van der Waals surface area contributed by atoms with Crippen molar-refractivity contribution in [1.29, 1.82) is 0 Å². The van der Waals surface area contributed by atoms with Crippen molar-refractivity contribution >= 4 is 16.8 Å². The highest BCUT2D eigenvalue weighted by Crippen LogP contribution is 2.28. The minimum Gasteiger partial charge on any atom is -0.351 e. The fraction of sp³-hybridized carbons (Fsp3) is 0. The first kappa shape index (κ1) is 9.77. The minimum absolute atomic E-state index is 0.00611. The molecule has 17 heavy (non-hydrogen) atoms. The predicted octanol–water partition coefficient (Wildman–Crippen LogP) is 2.61. The summed E-state index contributed by atoms with van der Waals surface area (Å²) in [5, 5.41) is 4.98. The Kier molecular flexibility index (Phi) is 2.04. The number of hydrogen-bond acceptors (Lipinski definition) is 4. The number of fused-ring (bicyclic) bond motifs is 1. The lowest BCUT2D eigenvalue weighted by atomic mass is 10.0. The Hall–Kier alpha value is -2.43. The van der Waals surface area contributed by atoms with Crippen molar-refractivity contribution in [2.24, 2.45) is 0 Å². The van der Waals surface area contributed by atoms with E-state index < -0.39 is 0 Å². The molecule has 0 aliphatic heterocycles. The molecule has 0 fully saturated rings. The van der Waals surface area contributed by atoms with Crippen molar-refractivity contribution in [1.82, 2.24) is 10.1 Å². The third-order valence-electron chi connectivity index (χ3n) is 2.55. The van der Waals surface area contributed by atoms with Crippen LogP contribution in [0.15, 0.2) is 40.9 Å². The number of aromatic nitrogens is 2. The van der Waals surface area contributed by atoms with Crippen LogP contribution in [-0.4, -0.2) is 10.1 Å². The van der Waals surface area contributed by atoms with Crippen LogP contribution in [-0.2, 0) is 0 Å². The molecule has 0 unspecified atom stereocenters. The van der Waals surface area contributed by atoms with Crippen LogP contribution in [0, 0.1) is 5.82 Å². The van der Waals surface area contributed by atoms with E-state index in [0.717, 1.165) is 5.39 Å². The van der Waals surface area contributed by atoms with E-state index in [1.54, 1.807) is 24.3 Å². The average Bonchev–Trinajstić information content (AvgIpc) is 2.77. The number of nitrogens with two attached hydrogens (primary N) is 1. The molecule has 1 aromatic heterocycles. The molecule has 0 amide bonds. The summed E-state index contributed by atoms with van der Waals surface area (Å²) in [5.74, 6) is 0.0829. The fourth-order valence-electron chi connectivity index (χ4n) is 1.80. The maximum atomic E-state index is 13.6. The molecule has 3 rings (SSSR count). The number of anilines is 1. The molecule has 0 radical (unpaired) electrons. The van der Waals surface area contributed by atoms with Crippen molar-refractivity contribution in [3.8, 4) is 11.4 Å². The van der Waals surface area contributed by atoms with E-state index in [0.29, 0.717) is 16.8 Å². The zero-order valence-corrected chi connectivity index (χ0v) is 8.72. The molecular formula is C12H8FN3O. The second kappa shape index (κ2) is 3.55. The summed E-state index contributed by atoms with van der Waals surface area (Å²) in [7, 11) is 0. The lowest BCUT2D eigenvalue weighted by Crippen LogP contribution is -1.87. The van der Waals surface area contributed by atoms with Gasteiger partial charge in [-0.1, -0.05) is 29.4 Å². The summed E-state index contributed by atoms with van der Waals surface area (Å²) >= 11 is 0. The Bertz CT molecular complexity index is 693. The second-order valence-electron chi connectivity index (χ2n) is 3.60. The monoisotopic (exact) mass is 229 g/mol. The third kappa shape index (κ3) is 1.52. The second-order valence-corrected chi connectivity index (χ2v) is 3.60. The van der Waals surface area contributed by atoms with Gasteiger partial charge in [-0.2, -0.15) is 4.98 Å². The predicted molar refractivity (Wildman–Crippen MR) is 61.6 cm³/mol. The summed E-state index contributed by atoms with van der Waals surface area (Å²) in [5.41, 5.74) is 6.07. The van der Waals surface area contributed by atoms with Crippen molar-refractivity contribution in [3.05, 3.63) is 42.2 Å². The number of hydrogen-bond donors (Lipinski definition) is 1. The van der Waals surface area contributed by atoms with Crippen LogP contribution in [0.1, 0.15) is 0 Å². The third-order valence-corrected chi connectivity index (χ3v) is 2.55. The molecule has 0 bridgehead atoms. The van der Waals surface area contributed by atoms with Gasteiger partial charge in [0.25, 0.3) is 0 Å². The molecule has 0 atom stereocenters. The van der Waals surface area contributed by atoms with Gasteiger partial charge in [0.05, 0.1) is 0 Å². The summed E-state index contributed by atoms with van der Waals surface area (Å²) in [4.78, 5) is 3.94. The normalized spacial score (nSPS) is 10.9. The lowest BCUT2D eigenvalue weighted by molar-refractivity contribution is 0.437. The maximum Gasteiger partial charge on any atom is 0.319 e. The molecule has 0 aliphatic carbocycles. The Morgan fingerprint density at radius 3 is 2.53 bits per heavy atom. The summed E-state index contributed by atoms with van der Waals surface area (Å²) in [6, 6.07) is 10.1. The molecule has 5 heteroatoms. The van der Waals surface area contributed by atoms with Gasteiger partial charge < -0.3 is 10.3 Å². The molecule has 0 aliphatic rings. The van der Waals surface area contributed by atoms with Gasteiger partial charge in [-0.15, -0.1) is 0 Å². The highest BCUT2D eigenvalue weighted by molar-refractivity contribution is 5.95. The van der Waals surface area contributed by atoms with Crippen molar-refractivity contribution in [3.63, 3.8) is 0 Å². The molecule has 3 aromatic rings. The molecule has 1 heterocycles. The van der Waals surface area contributed by atoms with Crippen LogP contribution >= 0.6 is 0 Å². The first-order valence-corrected chi connectivity index (χ1v) is 5.02. The molecule has 2 N–H and O–H groups in total. The summed E-state index contributed by atoms with van der Waals surface area (Å²) in [6.07, 6.45) is 0. The first-order chi connectivity index (χ1) is 8.25. The number of nitrogen functional groups attached to an aromatic ring is 1. The minimum atomic E-state index is -0.277. The smallest absolute Gasteiger partial charge is 0.319 e. The van der Waals surface area contributed by atoms with Gasteiger partial charge in [0.1, 0.15) is 5.82 Å². The van der Waals surface area contributed by atoms with E-state index in [1.165, 1.54) is 6.07 Å². The number of nitrogens with zero attached hydrogens (tertiary/aromatic N) is 2. The van der Waals surface area contributed by atoms with Gasteiger partial charge in [0.2, 0.25) is 5.82 Å². The summed E-state index contributed by atoms with van der Waals surface area (Å²) < 4.78 is 18.3. The number of rotatable bonds is 1. The first-order valence-electron chi connectivity index (χ1n) is 5.02. The Labute approximate surface area is 95.9 Å². The maximum absolute atomic E-state index is 13.6. The van der Waals surface area contributed by atoms with Gasteiger partial charge in [-0.25, -0.2) is 4.39 Å². The average molecular weight is 229 g/mol. The Morgan fingerprint density at radius 1 is 1.06 bits per heavy atom. The van der Waals surface area contributed by atoms with Crippen LogP contribution in [0.3, 0.4) is 0 Å². The topological polar surface area (TPSA) is 64.9 Å². The Morgan fingerprint density at radius 2 is 1.82 bits per heavy atom. The molecular weight excluding hydrogens is 221 g/mol. The van der Waals surface area contributed by atoms with E-state index in [2.05, 4.69) is 10.1 Å². The number of halogens is 1. The van der Waals surface area contributed by atoms with Crippen molar-refractivity contribution in [2.75, 3.05) is 5.73 Å². The largest absolute Gasteiger partial charge is 0.351 e. The Balaban J connectivity index is 2.34. The van der Waals surface area contributed by atoms with Crippen LogP contribution in [0.5, 0.6) is 0 Å². The molecule has 0 saturated heterocycles. The van der Waals surface area contributed by atoms with Gasteiger partial charge in [-0.3, -0.25) is 0 Å². The highest BCUT2D eigenvalue weighted by atomic mass is 19.1. The highest BCUT2D eigenvalue weighted by Gasteiger charge is 2.11. The van der Waals surface area contributed by atoms with Gasteiger partial charge in [0, 0.05) is 10.9 Å². The SMILES string of the molecule is Nc1nc(-c2ccc(F)c3ccccc23)no1. The van der Waals surface area contributed by atoms with E-state index in [1.807, 2.05) is 6.07 Å². The quantitative estimate of drug-likeness (QED) is 0.696. The number of benzene rings is 2. The van der Waals surface area contributed by atoms with Crippen LogP contribution in [0.25, 0.3) is 22.2 Å². The fourth-order valence-corrected chi connectivity index (χ4v) is 1.80. The van der Waals surface area contributed by atoms with Crippen LogP contribution in [0.4, 0.5) is 10.4 Å². The van der Waals surface area contributed by atoms with E-state index in [9.17, 15) is 4.39 Å². The van der Waals surface area contributed by atoms with E-state index in [-0.39, 0.29) is 11.8 Å². The molecule has 84 valence electrons. The summed E-state index contributed by atoms with van der Waals surface area (Å²) in [6.45, 7) is 0. The molecule has 0 spiro atoms. The standard InChI is InChI=1S/C12H8FN3O/c13-10-6-5-9(11-15-12(14)17-16-11)7-3-1-2-4-8(7)10/h1-6H,(H2,14,15,16). The lowest BCUT2D eigenvalue weighted by Gasteiger charge is -2.03. The van der Waals surface area contributed by atoms with Gasteiger partial charge in [-0.05, 0) is 17.5 Å². The zero-order valence-electron chi connectivity index (χ0n) is 8.72. The van der Waals surface area contributed by atoms with E-state index >= 15 is 0 Å². The van der Waals surface area contributed by atoms with Crippen molar-refractivity contribution in [2.45, 2.75) is 0 Å². The van der Waals surface area contributed by atoms with Crippen molar-refractivity contribution < 1.29 is 8.91 Å². The van der Waals surface area contributed by atoms with Crippen LogP contribution in [0.2, 0.25) is 0 Å². The molecule has 2 aromatic carbocycles. The van der Waals surface area contributed by atoms with Gasteiger partial charge in [0.15, 0.2) is 0 Å². The molecule has 4 nitrogen and oxygen atoms in total. The van der Waals surface area contributed by atoms with Crippen LogP contribution < -0.4 is 5.73 Å². The zero-order chi connectivity index (χ0) is 11.8. The molecule has 0 saturated carbocycles.